The Hall–Kier alpha value is -2.93. The normalized spacial score (nSPS) is 14.5. The fraction of sp³-hybridized carbons (Fsp3) is 0.400. The number of Topliss-reactive ketones (excluding diaryl/α,β-unsaturated/α-hetero) is 1. The Kier molecular flexibility index (Phi) is 7.60. The Morgan fingerprint density at radius 3 is 2.67 bits per heavy atom. The van der Waals surface area contributed by atoms with Crippen LogP contribution in [-0.4, -0.2) is 35.7 Å². The summed E-state index contributed by atoms with van der Waals surface area (Å²) in [6.45, 7) is 3.71. The van der Waals surface area contributed by atoms with Crippen LogP contribution in [0.2, 0.25) is 5.02 Å². The third kappa shape index (κ3) is 6.32. The van der Waals surface area contributed by atoms with Crippen LogP contribution in [0.4, 0.5) is 10.4 Å². The van der Waals surface area contributed by atoms with E-state index in [4.69, 9.17) is 20.8 Å². The van der Waals surface area contributed by atoms with Gasteiger partial charge in [0.1, 0.15) is 18.2 Å². The maximum absolute atomic E-state index is 13.4. The molecule has 8 heteroatoms. The van der Waals surface area contributed by atoms with Crippen LogP contribution < -0.4 is 9.64 Å². The minimum Gasteiger partial charge on any atom is -0.486 e. The predicted molar refractivity (Wildman–Crippen MR) is 125 cm³/mol. The second-order valence-electron chi connectivity index (χ2n) is 8.48. The Labute approximate surface area is 197 Å². The number of carbonyl (C=O) groups excluding carboxylic acids is 1. The lowest BCUT2D eigenvalue weighted by Gasteiger charge is -2.30. The summed E-state index contributed by atoms with van der Waals surface area (Å²) < 4.78 is 24.7. The monoisotopic (exact) mass is 471 g/mol. The van der Waals surface area contributed by atoms with Crippen LogP contribution in [0.3, 0.4) is 0 Å². The number of halogens is 2. The number of aromatic nitrogens is 2. The van der Waals surface area contributed by atoms with Gasteiger partial charge in [-0.1, -0.05) is 34.4 Å². The van der Waals surface area contributed by atoms with Crippen molar-refractivity contribution in [2.45, 2.75) is 39.0 Å². The molecule has 0 atom stereocenters. The molecular formula is C25H27ClFN3O3. The number of nitrogens with zero attached hydrogens (tertiary/aromatic N) is 3. The lowest BCUT2D eigenvalue weighted by Crippen LogP contribution is -2.33. The molecule has 0 saturated carbocycles. The van der Waals surface area contributed by atoms with Gasteiger partial charge in [0.15, 0.2) is 5.78 Å². The SMILES string of the molecule is Cc1ccc(-c2nnc(N3CCC(CCCC(=O)COc4ccc(Cl)c(F)c4)CC3)o2)cc1. The molecule has 2 aromatic carbocycles. The molecule has 2 heterocycles. The third-order valence-electron chi connectivity index (χ3n) is 5.96. The summed E-state index contributed by atoms with van der Waals surface area (Å²) in [4.78, 5) is 14.2. The number of ketones is 1. The lowest BCUT2D eigenvalue weighted by atomic mass is 9.91. The average molecular weight is 472 g/mol. The molecule has 1 aromatic heterocycles. The van der Waals surface area contributed by atoms with Gasteiger partial charge in [-0.05, 0) is 62.8 Å². The van der Waals surface area contributed by atoms with Crippen molar-refractivity contribution in [1.29, 1.82) is 0 Å². The van der Waals surface area contributed by atoms with Crippen LogP contribution >= 0.6 is 11.6 Å². The number of benzene rings is 2. The van der Waals surface area contributed by atoms with Gasteiger partial charge in [-0.3, -0.25) is 4.79 Å². The van der Waals surface area contributed by atoms with Crippen LogP contribution in [0.5, 0.6) is 5.75 Å². The van der Waals surface area contributed by atoms with Gasteiger partial charge in [-0.2, -0.15) is 0 Å². The second-order valence-corrected chi connectivity index (χ2v) is 8.89. The summed E-state index contributed by atoms with van der Waals surface area (Å²) in [6, 6.07) is 12.8. The minimum absolute atomic E-state index is 0.0114. The van der Waals surface area contributed by atoms with Crippen molar-refractivity contribution < 1.29 is 18.3 Å². The topological polar surface area (TPSA) is 68.5 Å². The van der Waals surface area contributed by atoms with E-state index in [0.29, 0.717) is 30.0 Å². The second kappa shape index (κ2) is 10.8. The van der Waals surface area contributed by atoms with Crippen molar-refractivity contribution in [2.75, 3.05) is 24.6 Å². The van der Waals surface area contributed by atoms with Crippen molar-refractivity contribution >= 4 is 23.4 Å². The van der Waals surface area contributed by atoms with E-state index in [-0.39, 0.29) is 17.4 Å². The van der Waals surface area contributed by atoms with Crippen LogP contribution in [0.15, 0.2) is 46.9 Å². The van der Waals surface area contributed by atoms with Crippen LogP contribution in [0.25, 0.3) is 11.5 Å². The Morgan fingerprint density at radius 1 is 1.18 bits per heavy atom. The molecule has 1 fully saturated rings. The van der Waals surface area contributed by atoms with E-state index in [9.17, 15) is 9.18 Å². The molecule has 0 unspecified atom stereocenters. The zero-order chi connectivity index (χ0) is 23.2. The number of carbonyl (C=O) groups is 1. The first-order valence-electron chi connectivity index (χ1n) is 11.2. The van der Waals surface area contributed by atoms with Crippen molar-refractivity contribution in [3.05, 3.63) is 58.9 Å². The number of anilines is 1. The largest absolute Gasteiger partial charge is 0.486 e. The van der Waals surface area contributed by atoms with Gasteiger partial charge in [-0.25, -0.2) is 4.39 Å². The predicted octanol–water partition coefficient (Wildman–Crippen LogP) is 5.87. The van der Waals surface area contributed by atoms with E-state index in [2.05, 4.69) is 15.1 Å². The highest BCUT2D eigenvalue weighted by Crippen LogP contribution is 2.28. The lowest BCUT2D eigenvalue weighted by molar-refractivity contribution is -0.121. The first-order valence-corrected chi connectivity index (χ1v) is 11.6. The van der Waals surface area contributed by atoms with Gasteiger partial charge in [0, 0.05) is 31.1 Å². The molecule has 0 N–H and O–H groups in total. The van der Waals surface area contributed by atoms with E-state index in [1.807, 2.05) is 31.2 Å². The summed E-state index contributed by atoms with van der Waals surface area (Å²) in [5, 5.41) is 8.45. The van der Waals surface area contributed by atoms with Gasteiger partial charge in [0.25, 0.3) is 0 Å². The molecule has 0 radical (unpaired) electrons. The summed E-state index contributed by atoms with van der Waals surface area (Å²) in [6.07, 6.45) is 4.32. The van der Waals surface area contributed by atoms with Gasteiger partial charge in [-0.15, -0.1) is 5.10 Å². The molecule has 0 bridgehead atoms. The molecule has 4 rings (SSSR count). The van der Waals surface area contributed by atoms with Gasteiger partial charge < -0.3 is 14.1 Å². The van der Waals surface area contributed by atoms with Gasteiger partial charge in [0.2, 0.25) is 5.89 Å². The van der Waals surface area contributed by atoms with Gasteiger partial charge >= 0.3 is 6.01 Å². The number of hydrogen-bond donors (Lipinski definition) is 0. The Morgan fingerprint density at radius 2 is 1.94 bits per heavy atom. The standard InChI is InChI=1S/C25H27ClFN3O3/c1-17-5-7-19(8-6-17)24-28-29-25(33-24)30-13-11-18(12-14-30)3-2-4-20(31)16-32-21-9-10-22(26)23(27)15-21/h5-10,15,18H,2-4,11-14,16H2,1H3. The molecule has 1 saturated heterocycles. The molecule has 3 aromatic rings. The number of rotatable bonds is 9. The average Bonchev–Trinajstić information content (AvgIpc) is 3.31. The summed E-state index contributed by atoms with van der Waals surface area (Å²) in [5.41, 5.74) is 2.11. The van der Waals surface area contributed by atoms with E-state index in [0.717, 1.165) is 44.3 Å². The molecule has 0 amide bonds. The van der Waals surface area contributed by atoms with Crippen LogP contribution in [0, 0.1) is 18.7 Å². The summed E-state index contributed by atoms with van der Waals surface area (Å²) >= 11 is 5.65. The van der Waals surface area contributed by atoms with E-state index in [1.54, 1.807) is 6.07 Å². The number of hydrogen-bond acceptors (Lipinski definition) is 6. The highest BCUT2D eigenvalue weighted by atomic mass is 35.5. The Balaban J connectivity index is 1.16. The quantitative estimate of drug-likeness (QED) is 0.388. The fourth-order valence-corrected chi connectivity index (χ4v) is 4.08. The highest BCUT2D eigenvalue weighted by molar-refractivity contribution is 6.30. The summed E-state index contributed by atoms with van der Waals surface area (Å²) in [7, 11) is 0. The number of piperidine rings is 1. The first kappa shape index (κ1) is 23.2. The highest BCUT2D eigenvalue weighted by Gasteiger charge is 2.23. The van der Waals surface area contributed by atoms with Crippen molar-refractivity contribution in [1.82, 2.24) is 10.2 Å². The molecule has 174 valence electrons. The minimum atomic E-state index is -0.556. The molecule has 1 aliphatic heterocycles. The first-order chi connectivity index (χ1) is 16.0. The van der Waals surface area contributed by atoms with E-state index < -0.39 is 5.82 Å². The molecule has 33 heavy (non-hydrogen) atoms. The number of aryl methyl sites for hydroxylation is 1. The van der Waals surface area contributed by atoms with E-state index in [1.165, 1.54) is 17.7 Å². The molecule has 1 aliphatic rings. The third-order valence-corrected chi connectivity index (χ3v) is 6.26. The molecular weight excluding hydrogens is 445 g/mol. The number of ether oxygens (including phenoxy) is 1. The van der Waals surface area contributed by atoms with Crippen LogP contribution in [-0.2, 0) is 4.79 Å². The van der Waals surface area contributed by atoms with Crippen molar-refractivity contribution in [2.24, 2.45) is 5.92 Å². The molecule has 0 spiro atoms. The smallest absolute Gasteiger partial charge is 0.318 e. The fourth-order valence-electron chi connectivity index (χ4n) is 3.96. The van der Waals surface area contributed by atoms with Crippen LogP contribution in [0.1, 0.15) is 37.7 Å². The van der Waals surface area contributed by atoms with E-state index >= 15 is 0 Å². The maximum atomic E-state index is 13.4. The maximum Gasteiger partial charge on any atom is 0.318 e. The molecule has 0 aliphatic carbocycles. The van der Waals surface area contributed by atoms with Crippen molar-refractivity contribution in [3.63, 3.8) is 0 Å². The zero-order valence-corrected chi connectivity index (χ0v) is 19.4. The zero-order valence-electron chi connectivity index (χ0n) is 18.6. The summed E-state index contributed by atoms with van der Waals surface area (Å²) in [5.74, 6) is 0.871. The Bertz CT molecular complexity index is 1080. The van der Waals surface area contributed by atoms with Gasteiger partial charge in [0.05, 0.1) is 5.02 Å². The molecule has 6 nitrogen and oxygen atoms in total. The van der Waals surface area contributed by atoms with Crippen molar-refractivity contribution in [3.8, 4) is 17.2 Å².